The molecular formula is C15H14N2O2S. The third-order valence-corrected chi connectivity index (χ3v) is 4.24. The van der Waals surface area contributed by atoms with Gasteiger partial charge in [0.05, 0.1) is 34.7 Å². The van der Waals surface area contributed by atoms with Gasteiger partial charge in [-0.3, -0.25) is 4.21 Å². The van der Waals surface area contributed by atoms with E-state index in [1.807, 2.05) is 48.5 Å². The second kappa shape index (κ2) is 5.46. The van der Waals surface area contributed by atoms with Gasteiger partial charge in [-0.15, -0.1) is 0 Å². The van der Waals surface area contributed by atoms with Gasteiger partial charge in [0.25, 0.3) is 0 Å². The van der Waals surface area contributed by atoms with E-state index in [9.17, 15) is 4.21 Å². The second-order valence-corrected chi connectivity index (χ2v) is 5.77. The third kappa shape index (κ3) is 2.58. The zero-order chi connectivity index (χ0) is 13.9. The Labute approximate surface area is 119 Å². The van der Waals surface area contributed by atoms with Crippen molar-refractivity contribution in [1.82, 2.24) is 9.97 Å². The van der Waals surface area contributed by atoms with Crippen molar-refractivity contribution in [2.24, 2.45) is 0 Å². The van der Waals surface area contributed by atoms with Crippen molar-refractivity contribution < 1.29 is 8.95 Å². The molecule has 1 heterocycles. The number of hydrogen-bond donors (Lipinski definition) is 1. The minimum Gasteiger partial charge on any atom is -0.497 e. The fourth-order valence-corrected chi connectivity index (χ4v) is 3.06. The van der Waals surface area contributed by atoms with E-state index < -0.39 is 10.8 Å². The van der Waals surface area contributed by atoms with Crippen LogP contribution in [0.1, 0.15) is 5.56 Å². The normalized spacial score (nSPS) is 12.4. The van der Waals surface area contributed by atoms with Crippen LogP contribution in [0.3, 0.4) is 0 Å². The molecule has 1 atom stereocenters. The number of aromatic nitrogens is 2. The van der Waals surface area contributed by atoms with Gasteiger partial charge < -0.3 is 9.72 Å². The van der Waals surface area contributed by atoms with Crippen LogP contribution in [0.2, 0.25) is 0 Å². The van der Waals surface area contributed by atoms with Gasteiger partial charge in [-0.1, -0.05) is 24.3 Å². The summed E-state index contributed by atoms with van der Waals surface area (Å²) >= 11 is 0. The van der Waals surface area contributed by atoms with E-state index in [4.69, 9.17) is 4.74 Å². The molecule has 0 amide bonds. The average Bonchev–Trinajstić information content (AvgIpc) is 2.91. The molecule has 1 unspecified atom stereocenters. The Hall–Kier alpha value is -2.14. The average molecular weight is 286 g/mol. The summed E-state index contributed by atoms with van der Waals surface area (Å²) in [7, 11) is 0.421. The first-order valence-corrected chi connectivity index (χ1v) is 7.54. The molecule has 0 saturated carbocycles. The quantitative estimate of drug-likeness (QED) is 0.802. The Morgan fingerprint density at radius 3 is 2.85 bits per heavy atom. The number of aromatic amines is 1. The molecule has 0 aliphatic heterocycles. The number of ether oxygens (including phenoxy) is 1. The number of imidazole rings is 1. The zero-order valence-electron chi connectivity index (χ0n) is 11.0. The first kappa shape index (κ1) is 12.9. The van der Waals surface area contributed by atoms with Crippen molar-refractivity contribution >= 4 is 21.8 Å². The monoisotopic (exact) mass is 286 g/mol. The number of H-pyrrole nitrogens is 1. The molecule has 0 spiro atoms. The Morgan fingerprint density at radius 2 is 2.05 bits per heavy atom. The van der Waals surface area contributed by atoms with E-state index in [0.29, 0.717) is 10.9 Å². The Morgan fingerprint density at radius 1 is 1.20 bits per heavy atom. The van der Waals surface area contributed by atoms with E-state index in [1.165, 1.54) is 0 Å². The largest absolute Gasteiger partial charge is 0.497 e. The maximum absolute atomic E-state index is 12.4. The van der Waals surface area contributed by atoms with Gasteiger partial charge in [0.15, 0.2) is 5.16 Å². The molecule has 1 N–H and O–H groups in total. The van der Waals surface area contributed by atoms with E-state index in [1.54, 1.807) is 7.11 Å². The first-order chi connectivity index (χ1) is 9.76. The Kier molecular flexibility index (Phi) is 3.52. The van der Waals surface area contributed by atoms with Crippen molar-refractivity contribution in [2.45, 2.75) is 10.9 Å². The maximum atomic E-state index is 12.4. The number of benzene rings is 2. The molecule has 1 aromatic heterocycles. The molecular weight excluding hydrogens is 272 g/mol. The van der Waals surface area contributed by atoms with Gasteiger partial charge in [0.1, 0.15) is 5.75 Å². The fourth-order valence-electron chi connectivity index (χ4n) is 2.02. The van der Waals surface area contributed by atoms with Gasteiger partial charge in [-0.05, 0) is 29.8 Å². The van der Waals surface area contributed by atoms with Crippen LogP contribution in [0.4, 0.5) is 0 Å². The maximum Gasteiger partial charge on any atom is 0.197 e. The Bertz CT molecular complexity index is 734. The molecule has 0 bridgehead atoms. The summed E-state index contributed by atoms with van der Waals surface area (Å²) in [6.45, 7) is 0. The molecule has 20 heavy (non-hydrogen) atoms. The summed E-state index contributed by atoms with van der Waals surface area (Å²) in [4.78, 5) is 7.47. The minimum atomic E-state index is -1.20. The second-order valence-electron chi connectivity index (χ2n) is 4.40. The number of rotatable bonds is 4. The van der Waals surface area contributed by atoms with Crippen molar-refractivity contribution in [3.63, 3.8) is 0 Å². The van der Waals surface area contributed by atoms with Crippen LogP contribution in [0.15, 0.2) is 53.7 Å². The van der Waals surface area contributed by atoms with Crippen LogP contribution < -0.4 is 4.74 Å². The van der Waals surface area contributed by atoms with Crippen molar-refractivity contribution in [3.05, 3.63) is 54.1 Å². The lowest BCUT2D eigenvalue weighted by atomic mass is 10.2. The molecule has 5 heteroatoms. The highest BCUT2D eigenvalue weighted by Crippen LogP contribution is 2.18. The van der Waals surface area contributed by atoms with Crippen LogP contribution in [0.25, 0.3) is 11.0 Å². The predicted molar refractivity (Wildman–Crippen MR) is 79.2 cm³/mol. The number of nitrogens with one attached hydrogen (secondary N) is 1. The highest BCUT2D eigenvalue weighted by molar-refractivity contribution is 7.84. The lowest BCUT2D eigenvalue weighted by Gasteiger charge is -2.03. The molecule has 2 aromatic carbocycles. The number of nitrogens with zero attached hydrogens (tertiary/aromatic N) is 1. The smallest absolute Gasteiger partial charge is 0.197 e. The van der Waals surface area contributed by atoms with Crippen molar-refractivity contribution in [1.29, 1.82) is 0 Å². The molecule has 3 aromatic rings. The first-order valence-electron chi connectivity index (χ1n) is 6.22. The van der Waals surface area contributed by atoms with Crippen LogP contribution in [0, 0.1) is 0 Å². The van der Waals surface area contributed by atoms with Gasteiger partial charge in [-0.2, -0.15) is 0 Å². The number of fused-ring (bicyclic) bond motifs is 1. The third-order valence-electron chi connectivity index (χ3n) is 3.02. The van der Waals surface area contributed by atoms with Crippen LogP contribution in [0.5, 0.6) is 5.75 Å². The summed E-state index contributed by atoms with van der Waals surface area (Å²) in [5.74, 6) is 1.18. The highest BCUT2D eigenvalue weighted by Gasteiger charge is 2.10. The van der Waals surface area contributed by atoms with E-state index in [0.717, 1.165) is 22.3 Å². The molecule has 0 radical (unpaired) electrons. The minimum absolute atomic E-state index is 0.414. The standard InChI is InChI=1S/C15H14N2O2S/c1-19-12-6-4-5-11(9-12)10-20(18)15-16-13-7-2-3-8-14(13)17-15/h2-9H,10H2,1H3,(H,16,17). The lowest BCUT2D eigenvalue weighted by molar-refractivity contribution is 0.414. The predicted octanol–water partition coefficient (Wildman–Crippen LogP) is 2.88. The number of para-hydroxylation sites is 2. The SMILES string of the molecule is COc1cccc(CS(=O)c2nc3ccccc3[nH]2)c1. The highest BCUT2D eigenvalue weighted by atomic mass is 32.2. The van der Waals surface area contributed by atoms with Crippen LogP contribution >= 0.6 is 0 Å². The summed E-state index contributed by atoms with van der Waals surface area (Å²) < 4.78 is 17.5. The Balaban J connectivity index is 1.85. The summed E-state index contributed by atoms with van der Waals surface area (Å²) in [6.07, 6.45) is 0. The molecule has 3 rings (SSSR count). The molecule has 0 fully saturated rings. The van der Waals surface area contributed by atoms with Crippen LogP contribution in [-0.2, 0) is 16.6 Å². The zero-order valence-corrected chi connectivity index (χ0v) is 11.8. The number of hydrogen-bond acceptors (Lipinski definition) is 3. The van der Waals surface area contributed by atoms with Gasteiger partial charge in [0, 0.05) is 0 Å². The molecule has 0 aliphatic rings. The van der Waals surface area contributed by atoms with Gasteiger partial charge >= 0.3 is 0 Å². The van der Waals surface area contributed by atoms with Crippen LogP contribution in [-0.4, -0.2) is 21.3 Å². The van der Waals surface area contributed by atoms with E-state index in [2.05, 4.69) is 9.97 Å². The lowest BCUT2D eigenvalue weighted by Crippen LogP contribution is -1.98. The summed E-state index contributed by atoms with van der Waals surface area (Å²) in [6, 6.07) is 15.3. The molecule has 0 aliphatic carbocycles. The van der Waals surface area contributed by atoms with Crippen molar-refractivity contribution in [2.75, 3.05) is 7.11 Å². The summed E-state index contributed by atoms with van der Waals surface area (Å²) in [5, 5.41) is 0.508. The summed E-state index contributed by atoms with van der Waals surface area (Å²) in [5.41, 5.74) is 2.70. The molecule has 0 saturated heterocycles. The van der Waals surface area contributed by atoms with Gasteiger partial charge in [0.2, 0.25) is 0 Å². The van der Waals surface area contributed by atoms with Crippen molar-refractivity contribution in [3.8, 4) is 5.75 Å². The number of methoxy groups -OCH3 is 1. The van der Waals surface area contributed by atoms with E-state index in [-0.39, 0.29) is 0 Å². The molecule has 4 nitrogen and oxygen atoms in total. The molecule has 102 valence electrons. The topological polar surface area (TPSA) is 55.0 Å². The fraction of sp³-hybridized carbons (Fsp3) is 0.133. The van der Waals surface area contributed by atoms with Gasteiger partial charge in [-0.25, -0.2) is 4.98 Å². The van der Waals surface area contributed by atoms with E-state index >= 15 is 0 Å².